The van der Waals surface area contributed by atoms with Crippen LogP contribution in [0.1, 0.15) is 12.8 Å². The Hall–Kier alpha value is -1.62. The lowest BCUT2D eigenvalue weighted by Crippen LogP contribution is -2.29. The lowest BCUT2D eigenvalue weighted by Gasteiger charge is -2.10. The number of imide groups is 1. The van der Waals surface area contributed by atoms with Gasteiger partial charge in [-0.2, -0.15) is 0 Å². The van der Waals surface area contributed by atoms with Crippen molar-refractivity contribution in [3.8, 4) is 0 Å². The van der Waals surface area contributed by atoms with Gasteiger partial charge in [0, 0.05) is 25.1 Å². The van der Waals surface area contributed by atoms with E-state index in [0.29, 0.717) is 11.4 Å². The van der Waals surface area contributed by atoms with Crippen molar-refractivity contribution >= 4 is 56.7 Å². The molecule has 1 saturated heterocycles. The first kappa shape index (κ1) is 18.2. The summed E-state index contributed by atoms with van der Waals surface area (Å²) in [4.78, 5) is 29.2. The van der Waals surface area contributed by atoms with Crippen molar-refractivity contribution in [3.63, 3.8) is 0 Å². The number of nitrogens with zero attached hydrogens (tertiary/aromatic N) is 3. The maximum atomic E-state index is 11.9. The van der Waals surface area contributed by atoms with Crippen LogP contribution in [0, 0.1) is 0 Å². The third kappa shape index (κ3) is 3.81. The molecule has 0 unspecified atom stereocenters. The first-order chi connectivity index (χ1) is 11.8. The highest BCUT2D eigenvalue weighted by molar-refractivity contribution is 7.99. The minimum atomic E-state index is -3.24. The Bertz CT molecular complexity index is 941. The molecule has 2 amide bonds. The smallest absolute Gasteiger partial charge is 0.235 e. The van der Waals surface area contributed by atoms with E-state index < -0.39 is 10.0 Å². The topological polar surface area (TPSA) is 101 Å². The average Bonchev–Trinajstić information content (AvgIpc) is 3.03. The van der Waals surface area contributed by atoms with Crippen molar-refractivity contribution < 1.29 is 18.0 Å². The van der Waals surface area contributed by atoms with Crippen molar-refractivity contribution in [2.45, 2.75) is 17.9 Å². The molecule has 0 radical (unpaired) electrons. The molecular weight excluding hydrogens is 388 g/mol. The van der Waals surface area contributed by atoms with Gasteiger partial charge >= 0.3 is 0 Å². The van der Waals surface area contributed by atoms with Crippen LogP contribution in [0.3, 0.4) is 0 Å². The lowest BCUT2D eigenvalue weighted by molar-refractivity contribution is -0.121. The number of anilines is 1. The molecule has 134 valence electrons. The van der Waals surface area contributed by atoms with Crippen molar-refractivity contribution in [2.75, 3.05) is 23.5 Å². The Balaban J connectivity index is 1.88. The molecule has 1 N–H and O–H groups in total. The first-order valence-corrected chi connectivity index (χ1v) is 10.6. The van der Waals surface area contributed by atoms with Gasteiger partial charge in [-0.05, 0) is 12.1 Å². The molecule has 25 heavy (non-hydrogen) atoms. The molecule has 0 atom stereocenters. The summed E-state index contributed by atoms with van der Waals surface area (Å²) in [5.41, 5.74) is 0.508. The van der Waals surface area contributed by atoms with E-state index in [2.05, 4.69) is 9.71 Å². The predicted molar refractivity (Wildman–Crippen MR) is 95.5 cm³/mol. The summed E-state index contributed by atoms with van der Waals surface area (Å²) in [6.45, 7) is 0.266. The molecule has 3 heterocycles. The molecule has 0 bridgehead atoms. The Morgan fingerprint density at radius 2 is 1.96 bits per heavy atom. The monoisotopic (exact) mass is 402 g/mol. The molecule has 1 aliphatic heterocycles. The summed E-state index contributed by atoms with van der Waals surface area (Å²) >= 11 is 7.77. The first-order valence-electron chi connectivity index (χ1n) is 7.38. The van der Waals surface area contributed by atoms with Crippen LogP contribution in [0.15, 0.2) is 23.2 Å². The number of imidazole rings is 1. The number of aromatic nitrogens is 2. The summed E-state index contributed by atoms with van der Waals surface area (Å²) in [6.07, 6.45) is 1.41. The number of thioether (sulfide) groups is 1. The zero-order chi connectivity index (χ0) is 18.2. The number of pyridine rings is 1. The second-order valence-corrected chi connectivity index (χ2v) is 8.73. The molecule has 1 fully saturated rings. The van der Waals surface area contributed by atoms with Gasteiger partial charge in [0.25, 0.3) is 0 Å². The van der Waals surface area contributed by atoms with Crippen LogP contribution >= 0.6 is 23.4 Å². The van der Waals surface area contributed by atoms with Crippen LogP contribution < -0.4 is 9.62 Å². The van der Waals surface area contributed by atoms with E-state index in [1.165, 1.54) is 11.8 Å². The minimum absolute atomic E-state index is 0.136. The minimum Gasteiger partial charge on any atom is -0.276 e. The molecule has 2 aromatic heterocycles. The summed E-state index contributed by atoms with van der Waals surface area (Å²) < 4.78 is 26.2. The average molecular weight is 403 g/mol. The number of hydrogen-bond donors (Lipinski definition) is 1. The molecular formula is C14H15ClN4O4S2. The Labute approximate surface area is 153 Å². The number of fused-ring (bicyclic) bond motifs is 1. The standard InChI is InChI=1S/C14H15ClN4O4S2/c1-25(22,23)16-7-8-24-12-4-2-3-9-17-14(13(15)18(9)12)19-10(20)5-6-11(19)21/h2-4,16H,5-8H2,1H3. The summed E-state index contributed by atoms with van der Waals surface area (Å²) in [7, 11) is -3.24. The Morgan fingerprint density at radius 1 is 1.28 bits per heavy atom. The zero-order valence-corrected chi connectivity index (χ0v) is 15.6. The van der Waals surface area contributed by atoms with E-state index in [1.54, 1.807) is 16.5 Å². The maximum absolute atomic E-state index is 11.9. The summed E-state index contributed by atoms with van der Waals surface area (Å²) in [5, 5.41) is 0.911. The second-order valence-electron chi connectivity index (χ2n) is 5.42. The number of carbonyl (C=O) groups excluding carboxylic acids is 2. The lowest BCUT2D eigenvalue weighted by atomic mass is 10.4. The van der Waals surface area contributed by atoms with Crippen LogP contribution in [0.4, 0.5) is 5.82 Å². The van der Waals surface area contributed by atoms with E-state index >= 15 is 0 Å². The number of halogens is 1. The van der Waals surface area contributed by atoms with Gasteiger partial charge in [-0.1, -0.05) is 17.7 Å². The van der Waals surface area contributed by atoms with Crippen LogP contribution in [0.5, 0.6) is 0 Å². The third-order valence-electron chi connectivity index (χ3n) is 3.51. The number of sulfonamides is 1. The van der Waals surface area contributed by atoms with Crippen molar-refractivity contribution in [1.29, 1.82) is 0 Å². The normalized spacial score (nSPS) is 15.5. The van der Waals surface area contributed by atoms with Gasteiger partial charge in [0.2, 0.25) is 21.8 Å². The molecule has 0 spiro atoms. The highest BCUT2D eigenvalue weighted by Gasteiger charge is 2.34. The molecule has 8 nitrogen and oxygen atoms in total. The number of nitrogens with one attached hydrogen (secondary N) is 1. The molecule has 0 saturated carbocycles. The van der Waals surface area contributed by atoms with Crippen LogP contribution in [-0.4, -0.2) is 48.2 Å². The molecule has 11 heteroatoms. The van der Waals surface area contributed by atoms with E-state index in [9.17, 15) is 18.0 Å². The largest absolute Gasteiger partial charge is 0.276 e. The SMILES string of the molecule is CS(=O)(=O)NCCSc1cccc2nc(N3C(=O)CCC3=O)c(Cl)n12. The van der Waals surface area contributed by atoms with Gasteiger partial charge in [-0.15, -0.1) is 11.8 Å². The van der Waals surface area contributed by atoms with Crippen molar-refractivity contribution in [1.82, 2.24) is 14.1 Å². The highest BCUT2D eigenvalue weighted by atomic mass is 35.5. The predicted octanol–water partition coefficient (Wildman–Crippen LogP) is 1.28. The van der Waals surface area contributed by atoms with Crippen LogP contribution in [0.2, 0.25) is 5.15 Å². The fraction of sp³-hybridized carbons (Fsp3) is 0.357. The quantitative estimate of drug-likeness (QED) is 0.443. The Kier molecular flexibility index (Phi) is 5.05. The molecule has 2 aromatic rings. The highest BCUT2D eigenvalue weighted by Crippen LogP contribution is 2.33. The van der Waals surface area contributed by atoms with E-state index in [4.69, 9.17) is 11.6 Å². The number of carbonyl (C=O) groups is 2. The van der Waals surface area contributed by atoms with E-state index in [0.717, 1.165) is 16.2 Å². The van der Waals surface area contributed by atoms with Crippen LogP contribution in [-0.2, 0) is 19.6 Å². The van der Waals surface area contributed by atoms with Gasteiger partial charge in [-0.3, -0.25) is 14.0 Å². The number of rotatable bonds is 6. The fourth-order valence-electron chi connectivity index (χ4n) is 2.47. The zero-order valence-electron chi connectivity index (χ0n) is 13.2. The second kappa shape index (κ2) is 6.94. The van der Waals surface area contributed by atoms with E-state index in [-0.39, 0.29) is 42.2 Å². The summed E-state index contributed by atoms with van der Waals surface area (Å²) in [6, 6.07) is 5.31. The van der Waals surface area contributed by atoms with Gasteiger partial charge in [0.15, 0.2) is 11.0 Å². The fourth-order valence-corrected chi connectivity index (χ4v) is 4.33. The van der Waals surface area contributed by atoms with Gasteiger partial charge in [-0.25, -0.2) is 23.0 Å². The molecule has 3 rings (SSSR count). The van der Waals surface area contributed by atoms with Gasteiger partial charge in [0.1, 0.15) is 5.65 Å². The molecule has 0 aliphatic carbocycles. The Morgan fingerprint density at radius 3 is 2.60 bits per heavy atom. The van der Waals surface area contributed by atoms with Crippen LogP contribution in [0.25, 0.3) is 5.65 Å². The number of amides is 2. The maximum Gasteiger partial charge on any atom is 0.235 e. The van der Waals surface area contributed by atoms with Gasteiger partial charge in [0.05, 0.1) is 11.3 Å². The summed E-state index contributed by atoms with van der Waals surface area (Å²) in [5.74, 6) is -0.0161. The number of hydrogen-bond acceptors (Lipinski definition) is 6. The van der Waals surface area contributed by atoms with Crippen molar-refractivity contribution in [2.24, 2.45) is 0 Å². The molecule has 1 aliphatic rings. The molecule has 0 aromatic carbocycles. The van der Waals surface area contributed by atoms with Crippen molar-refractivity contribution in [3.05, 3.63) is 23.4 Å². The van der Waals surface area contributed by atoms with Gasteiger partial charge < -0.3 is 0 Å². The third-order valence-corrected chi connectivity index (χ3v) is 5.60. The van der Waals surface area contributed by atoms with E-state index in [1.807, 2.05) is 6.07 Å².